The molecule has 0 aliphatic rings. The number of benzene rings is 3. The lowest BCUT2D eigenvalue weighted by atomic mass is 10.0. The van der Waals surface area contributed by atoms with E-state index in [1.165, 1.54) is 0 Å². The number of para-hydroxylation sites is 1. The number of nitrogens with zero attached hydrogens (tertiary/aromatic N) is 2. The maximum absolute atomic E-state index is 11.9. The monoisotopic (exact) mass is 426 g/mol. The third-order valence-corrected chi connectivity index (χ3v) is 5.10. The van der Waals surface area contributed by atoms with Crippen LogP contribution in [0, 0.1) is 0 Å². The van der Waals surface area contributed by atoms with E-state index < -0.39 is 0 Å². The highest BCUT2D eigenvalue weighted by Gasteiger charge is 2.18. The third-order valence-electron chi connectivity index (χ3n) is 5.10. The predicted molar refractivity (Wildman–Crippen MR) is 129 cm³/mol. The van der Waals surface area contributed by atoms with E-state index in [0.29, 0.717) is 24.4 Å². The van der Waals surface area contributed by atoms with Crippen molar-refractivity contribution < 1.29 is 9.90 Å². The summed E-state index contributed by atoms with van der Waals surface area (Å²) < 4.78 is 0. The van der Waals surface area contributed by atoms with E-state index in [1.807, 2.05) is 97.9 Å². The highest BCUT2D eigenvalue weighted by molar-refractivity contribution is 6.21. The van der Waals surface area contributed by atoms with E-state index in [-0.39, 0.29) is 11.8 Å². The second kappa shape index (κ2) is 9.49. The van der Waals surface area contributed by atoms with Gasteiger partial charge in [-0.05, 0) is 37.9 Å². The molecule has 0 saturated carbocycles. The second-order valence-corrected chi connectivity index (χ2v) is 7.90. The molecule has 0 aliphatic carbocycles. The summed E-state index contributed by atoms with van der Waals surface area (Å²) in [6, 6.07) is 25.3. The van der Waals surface area contributed by atoms with E-state index in [2.05, 4.69) is 10.3 Å². The Kier molecular flexibility index (Phi) is 6.33. The number of fused-ring (bicyclic) bond motifs is 1. The number of carbonyl (C=O) groups is 1. The first kappa shape index (κ1) is 21.3. The van der Waals surface area contributed by atoms with Crippen molar-refractivity contribution in [3.63, 3.8) is 0 Å². The van der Waals surface area contributed by atoms with Crippen LogP contribution in [0.5, 0.6) is 5.88 Å². The average molecular weight is 427 g/mol. The van der Waals surface area contributed by atoms with Crippen molar-refractivity contribution in [3.8, 4) is 5.88 Å². The van der Waals surface area contributed by atoms with Crippen molar-refractivity contribution in [1.82, 2.24) is 15.2 Å². The van der Waals surface area contributed by atoms with Crippen LogP contribution in [0.25, 0.3) is 10.9 Å². The number of hydrogen-bond donors (Lipinski definition) is 3. The lowest BCUT2D eigenvalue weighted by molar-refractivity contribution is -0.121. The molecule has 3 aromatic carbocycles. The molecule has 1 aromatic heterocycles. The van der Waals surface area contributed by atoms with Gasteiger partial charge in [0.05, 0.1) is 23.5 Å². The Labute approximate surface area is 187 Å². The van der Waals surface area contributed by atoms with Gasteiger partial charge in [-0.2, -0.15) is 0 Å². The zero-order valence-electron chi connectivity index (χ0n) is 18.2. The Bertz CT molecular complexity index is 1240. The summed E-state index contributed by atoms with van der Waals surface area (Å²) in [5.74, 6) is 0.0762. The summed E-state index contributed by atoms with van der Waals surface area (Å²) in [6.45, 7) is 0.822. The van der Waals surface area contributed by atoms with E-state index in [9.17, 15) is 9.90 Å². The van der Waals surface area contributed by atoms with Crippen molar-refractivity contribution in [3.05, 3.63) is 95.6 Å². The Morgan fingerprint density at radius 1 is 0.969 bits per heavy atom. The Hall–Kier alpha value is -3.90. The van der Waals surface area contributed by atoms with Crippen molar-refractivity contribution in [2.24, 2.45) is 4.99 Å². The SMILES string of the molecule is CN(C)CC(=O)NCc1ccc(N=C(c2ccccc2)c2c(O)[nH]c3ccccc23)cc1. The molecule has 0 bridgehead atoms. The van der Waals surface area contributed by atoms with Crippen LogP contribution in [-0.4, -0.2) is 47.2 Å². The van der Waals surface area contributed by atoms with Gasteiger partial charge in [-0.3, -0.25) is 4.79 Å². The predicted octanol–water partition coefficient (Wildman–Crippen LogP) is 4.22. The zero-order chi connectivity index (χ0) is 22.5. The number of aromatic amines is 1. The number of H-pyrrole nitrogens is 1. The molecule has 6 heteroatoms. The number of carbonyl (C=O) groups excluding carboxylic acids is 1. The van der Waals surface area contributed by atoms with Crippen LogP contribution in [0.1, 0.15) is 16.7 Å². The fourth-order valence-corrected chi connectivity index (χ4v) is 3.59. The quantitative estimate of drug-likeness (QED) is 0.387. The van der Waals surface area contributed by atoms with Gasteiger partial charge in [0.25, 0.3) is 0 Å². The summed E-state index contributed by atoms with van der Waals surface area (Å²) in [7, 11) is 3.73. The Morgan fingerprint density at radius 3 is 2.38 bits per heavy atom. The van der Waals surface area contributed by atoms with Gasteiger partial charge in [0.1, 0.15) is 0 Å². The van der Waals surface area contributed by atoms with Crippen molar-refractivity contribution in [2.45, 2.75) is 6.54 Å². The molecule has 0 aliphatic heterocycles. The van der Waals surface area contributed by atoms with Crippen LogP contribution in [0.3, 0.4) is 0 Å². The molecule has 0 unspecified atom stereocenters. The molecule has 0 saturated heterocycles. The van der Waals surface area contributed by atoms with Gasteiger partial charge in [0, 0.05) is 23.0 Å². The molecule has 4 rings (SSSR count). The third kappa shape index (κ3) is 4.87. The molecule has 6 nitrogen and oxygen atoms in total. The number of aliphatic imine (C=N–C) groups is 1. The largest absolute Gasteiger partial charge is 0.494 e. The number of aromatic nitrogens is 1. The van der Waals surface area contributed by atoms with E-state index in [4.69, 9.17) is 4.99 Å². The molecule has 1 amide bonds. The number of nitrogens with one attached hydrogen (secondary N) is 2. The molecule has 162 valence electrons. The van der Waals surface area contributed by atoms with Crippen molar-refractivity contribution >= 4 is 28.2 Å². The van der Waals surface area contributed by atoms with Gasteiger partial charge in [-0.1, -0.05) is 60.7 Å². The first-order valence-corrected chi connectivity index (χ1v) is 10.5. The number of aromatic hydroxyl groups is 1. The highest BCUT2D eigenvalue weighted by Crippen LogP contribution is 2.31. The minimum Gasteiger partial charge on any atom is -0.494 e. The first-order chi connectivity index (χ1) is 15.5. The van der Waals surface area contributed by atoms with Gasteiger partial charge >= 0.3 is 0 Å². The summed E-state index contributed by atoms with van der Waals surface area (Å²) in [6.07, 6.45) is 0. The number of likely N-dealkylation sites (N-methyl/N-ethyl adjacent to an activating group) is 1. The summed E-state index contributed by atoms with van der Waals surface area (Å²) >= 11 is 0. The van der Waals surface area contributed by atoms with Crippen molar-refractivity contribution in [1.29, 1.82) is 0 Å². The Morgan fingerprint density at radius 2 is 1.66 bits per heavy atom. The molecule has 32 heavy (non-hydrogen) atoms. The smallest absolute Gasteiger partial charge is 0.234 e. The molecule has 0 atom stereocenters. The van der Waals surface area contributed by atoms with Crippen LogP contribution < -0.4 is 5.32 Å². The highest BCUT2D eigenvalue weighted by atomic mass is 16.3. The molecule has 3 N–H and O–H groups in total. The standard InChI is InChI=1S/C26H26N4O2/c1-30(2)17-23(31)27-16-18-12-14-20(15-13-18)28-25(19-8-4-3-5-9-19)24-21-10-6-7-11-22(21)29-26(24)32/h3-15,29,32H,16-17H2,1-2H3,(H,27,31). The van der Waals surface area contributed by atoms with Gasteiger partial charge in [-0.25, -0.2) is 4.99 Å². The molecule has 4 aromatic rings. The molecular formula is C26H26N4O2. The fraction of sp³-hybridized carbons (Fsp3) is 0.154. The fourth-order valence-electron chi connectivity index (χ4n) is 3.59. The lowest BCUT2D eigenvalue weighted by Gasteiger charge is -2.10. The Balaban J connectivity index is 1.66. The maximum Gasteiger partial charge on any atom is 0.234 e. The molecule has 0 spiro atoms. The van der Waals surface area contributed by atoms with E-state index >= 15 is 0 Å². The summed E-state index contributed by atoms with van der Waals surface area (Å²) in [5.41, 5.74) is 4.88. The van der Waals surface area contributed by atoms with Gasteiger partial charge < -0.3 is 20.3 Å². The first-order valence-electron chi connectivity index (χ1n) is 10.5. The number of amides is 1. The van der Waals surface area contributed by atoms with Crippen LogP contribution >= 0.6 is 0 Å². The van der Waals surface area contributed by atoms with Gasteiger partial charge in [0.15, 0.2) is 5.88 Å². The zero-order valence-corrected chi connectivity index (χ0v) is 18.2. The average Bonchev–Trinajstić information content (AvgIpc) is 3.12. The summed E-state index contributed by atoms with van der Waals surface area (Å²) in [5, 5.41) is 14.5. The normalized spacial score (nSPS) is 11.8. The minimum atomic E-state index is -0.0155. The maximum atomic E-state index is 11.9. The molecule has 0 fully saturated rings. The molecule has 1 heterocycles. The van der Waals surface area contributed by atoms with Crippen LogP contribution in [0.4, 0.5) is 5.69 Å². The van der Waals surface area contributed by atoms with Gasteiger partial charge in [-0.15, -0.1) is 0 Å². The minimum absolute atomic E-state index is 0.0155. The van der Waals surface area contributed by atoms with Gasteiger partial charge in [0.2, 0.25) is 5.91 Å². The van der Waals surface area contributed by atoms with Crippen LogP contribution in [-0.2, 0) is 11.3 Å². The van der Waals surface area contributed by atoms with Crippen LogP contribution in [0.15, 0.2) is 83.9 Å². The van der Waals surface area contributed by atoms with E-state index in [0.717, 1.165) is 27.7 Å². The van der Waals surface area contributed by atoms with Crippen LogP contribution in [0.2, 0.25) is 0 Å². The van der Waals surface area contributed by atoms with E-state index in [1.54, 1.807) is 0 Å². The number of rotatable bonds is 7. The number of hydrogen-bond acceptors (Lipinski definition) is 4. The topological polar surface area (TPSA) is 80.7 Å². The summed E-state index contributed by atoms with van der Waals surface area (Å²) in [4.78, 5) is 21.6. The molecular weight excluding hydrogens is 400 g/mol. The van der Waals surface area contributed by atoms with Crippen molar-refractivity contribution in [2.75, 3.05) is 20.6 Å². The molecule has 0 radical (unpaired) electrons. The second-order valence-electron chi connectivity index (χ2n) is 7.90. The lowest BCUT2D eigenvalue weighted by Crippen LogP contribution is -2.32.